The van der Waals surface area contributed by atoms with Crippen LogP contribution in [0.15, 0.2) is 23.1 Å². The Balaban J connectivity index is 2.30. The van der Waals surface area contributed by atoms with Crippen LogP contribution in [0.25, 0.3) is 0 Å². The van der Waals surface area contributed by atoms with E-state index in [4.69, 9.17) is 20.2 Å². The van der Waals surface area contributed by atoms with E-state index in [-0.39, 0.29) is 11.5 Å². The van der Waals surface area contributed by atoms with Gasteiger partial charge >= 0.3 is 5.97 Å². The summed E-state index contributed by atoms with van der Waals surface area (Å²) in [5.74, 6) is -0.521. The van der Waals surface area contributed by atoms with Gasteiger partial charge in [0, 0.05) is 16.2 Å². The number of fused-ring (bicyclic) bond motifs is 1. The molecule has 0 spiro atoms. The zero-order valence-electron chi connectivity index (χ0n) is 10.3. The highest BCUT2D eigenvalue weighted by Crippen LogP contribution is 2.36. The number of halogens is 1. The molecule has 1 aliphatic rings. The standard InChI is InChI=1S/C12H13ClO5S/c1-2-5-17-12(14)10-7-18-11-4-3-8(6-9(10)11)19(13,15)16/h3-4,6,10H,2,5,7H2,1H3. The maximum absolute atomic E-state index is 11.8. The van der Waals surface area contributed by atoms with Crippen molar-refractivity contribution in [2.75, 3.05) is 13.2 Å². The lowest BCUT2D eigenvalue weighted by Crippen LogP contribution is -2.17. The van der Waals surface area contributed by atoms with E-state index in [1.165, 1.54) is 18.2 Å². The number of hydrogen-bond acceptors (Lipinski definition) is 5. The van der Waals surface area contributed by atoms with Gasteiger partial charge in [0.15, 0.2) is 0 Å². The molecule has 0 bridgehead atoms. The molecule has 1 aliphatic heterocycles. The number of hydrogen-bond donors (Lipinski definition) is 0. The molecule has 2 rings (SSSR count). The van der Waals surface area contributed by atoms with Crippen LogP contribution in [0.2, 0.25) is 0 Å². The molecule has 0 amide bonds. The highest BCUT2D eigenvalue weighted by atomic mass is 35.7. The molecule has 0 aromatic heterocycles. The molecular weight excluding hydrogens is 292 g/mol. The van der Waals surface area contributed by atoms with Crippen molar-refractivity contribution in [3.8, 4) is 5.75 Å². The van der Waals surface area contributed by atoms with Crippen molar-refractivity contribution < 1.29 is 22.7 Å². The van der Waals surface area contributed by atoms with Crippen molar-refractivity contribution in [2.45, 2.75) is 24.2 Å². The molecule has 0 saturated carbocycles. The van der Waals surface area contributed by atoms with E-state index < -0.39 is 20.9 Å². The first-order valence-electron chi connectivity index (χ1n) is 5.81. The van der Waals surface area contributed by atoms with Gasteiger partial charge in [-0.05, 0) is 24.6 Å². The number of carbonyl (C=O) groups is 1. The van der Waals surface area contributed by atoms with Gasteiger partial charge in [0.2, 0.25) is 0 Å². The zero-order chi connectivity index (χ0) is 14.0. The lowest BCUT2D eigenvalue weighted by molar-refractivity contribution is -0.145. The van der Waals surface area contributed by atoms with Gasteiger partial charge in [0.05, 0.1) is 11.5 Å². The first-order valence-corrected chi connectivity index (χ1v) is 8.12. The predicted octanol–water partition coefficient (Wildman–Crippen LogP) is 2.04. The second-order valence-electron chi connectivity index (χ2n) is 4.17. The van der Waals surface area contributed by atoms with E-state index >= 15 is 0 Å². The summed E-state index contributed by atoms with van der Waals surface area (Å²) in [5, 5.41) is 0. The Morgan fingerprint density at radius 2 is 2.26 bits per heavy atom. The van der Waals surface area contributed by atoms with Crippen LogP contribution in [-0.2, 0) is 18.6 Å². The summed E-state index contributed by atoms with van der Waals surface area (Å²) in [5.41, 5.74) is 0.503. The topological polar surface area (TPSA) is 69.7 Å². The van der Waals surface area contributed by atoms with Gasteiger partial charge in [0.1, 0.15) is 18.3 Å². The predicted molar refractivity (Wildman–Crippen MR) is 69.0 cm³/mol. The first-order chi connectivity index (χ1) is 8.93. The van der Waals surface area contributed by atoms with E-state index in [0.717, 1.165) is 6.42 Å². The summed E-state index contributed by atoms with van der Waals surface area (Å²) < 4.78 is 33.0. The monoisotopic (exact) mass is 304 g/mol. The number of esters is 1. The van der Waals surface area contributed by atoms with E-state index in [2.05, 4.69) is 0 Å². The lowest BCUT2D eigenvalue weighted by atomic mass is 10.0. The number of rotatable bonds is 4. The minimum atomic E-state index is -3.83. The van der Waals surface area contributed by atoms with Crippen LogP contribution < -0.4 is 4.74 Å². The summed E-state index contributed by atoms with van der Waals surface area (Å²) in [7, 11) is 1.46. The second-order valence-corrected chi connectivity index (χ2v) is 6.73. The molecule has 0 radical (unpaired) electrons. The van der Waals surface area contributed by atoms with Crippen molar-refractivity contribution in [1.82, 2.24) is 0 Å². The molecule has 0 aliphatic carbocycles. The molecule has 1 heterocycles. The van der Waals surface area contributed by atoms with Crippen molar-refractivity contribution in [1.29, 1.82) is 0 Å². The van der Waals surface area contributed by atoms with Gasteiger partial charge in [0.25, 0.3) is 9.05 Å². The summed E-state index contributed by atoms with van der Waals surface area (Å²) >= 11 is 0. The van der Waals surface area contributed by atoms with Gasteiger partial charge in [-0.2, -0.15) is 0 Å². The smallest absolute Gasteiger partial charge is 0.317 e. The van der Waals surface area contributed by atoms with E-state index in [1.54, 1.807) is 0 Å². The van der Waals surface area contributed by atoms with Crippen LogP contribution in [0.1, 0.15) is 24.8 Å². The molecule has 5 nitrogen and oxygen atoms in total. The summed E-state index contributed by atoms with van der Waals surface area (Å²) in [6, 6.07) is 4.21. The Labute approximate surface area is 115 Å². The molecule has 1 aromatic carbocycles. The Kier molecular flexibility index (Phi) is 4.01. The van der Waals surface area contributed by atoms with Crippen molar-refractivity contribution in [2.24, 2.45) is 0 Å². The average Bonchev–Trinajstić information content (AvgIpc) is 2.77. The minimum absolute atomic E-state index is 0.0493. The molecular formula is C12H13ClO5S. The van der Waals surface area contributed by atoms with Crippen LogP contribution in [0.3, 0.4) is 0 Å². The first kappa shape index (κ1) is 14.1. The largest absolute Gasteiger partial charge is 0.492 e. The van der Waals surface area contributed by atoms with Crippen molar-refractivity contribution in [3.05, 3.63) is 23.8 Å². The second kappa shape index (κ2) is 5.38. The van der Waals surface area contributed by atoms with Gasteiger partial charge in [-0.1, -0.05) is 6.92 Å². The minimum Gasteiger partial charge on any atom is -0.492 e. The molecule has 19 heavy (non-hydrogen) atoms. The summed E-state index contributed by atoms with van der Waals surface area (Å²) in [6.45, 7) is 2.38. The highest BCUT2D eigenvalue weighted by Gasteiger charge is 2.32. The van der Waals surface area contributed by atoms with E-state index in [9.17, 15) is 13.2 Å². The molecule has 1 unspecified atom stereocenters. The zero-order valence-corrected chi connectivity index (χ0v) is 11.8. The number of ether oxygens (including phenoxy) is 2. The van der Waals surface area contributed by atoms with Crippen LogP contribution >= 0.6 is 10.7 Å². The lowest BCUT2D eigenvalue weighted by Gasteiger charge is -2.09. The molecule has 0 saturated heterocycles. The van der Waals surface area contributed by atoms with E-state index in [1.807, 2.05) is 6.92 Å². The molecule has 0 N–H and O–H groups in total. The Hall–Kier alpha value is -1.27. The van der Waals surface area contributed by atoms with Crippen molar-refractivity contribution >= 4 is 25.7 Å². The maximum Gasteiger partial charge on any atom is 0.317 e. The summed E-state index contributed by atoms with van der Waals surface area (Å²) in [6.07, 6.45) is 0.724. The fourth-order valence-corrected chi connectivity index (χ4v) is 2.63. The fraction of sp³-hybridized carbons (Fsp3) is 0.417. The highest BCUT2D eigenvalue weighted by molar-refractivity contribution is 8.13. The van der Waals surface area contributed by atoms with Gasteiger partial charge in [-0.15, -0.1) is 0 Å². The molecule has 1 atom stereocenters. The summed E-state index contributed by atoms with van der Waals surface area (Å²) in [4.78, 5) is 11.8. The molecule has 104 valence electrons. The molecule has 7 heteroatoms. The number of carbonyl (C=O) groups excluding carboxylic acids is 1. The Morgan fingerprint density at radius 3 is 2.89 bits per heavy atom. The fourth-order valence-electron chi connectivity index (χ4n) is 1.84. The van der Waals surface area contributed by atoms with Crippen LogP contribution in [0.4, 0.5) is 0 Å². The SMILES string of the molecule is CCCOC(=O)C1COc2ccc(S(=O)(=O)Cl)cc21. The van der Waals surface area contributed by atoms with Gasteiger partial charge in [-0.25, -0.2) is 8.42 Å². The van der Waals surface area contributed by atoms with Gasteiger partial charge < -0.3 is 9.47 Å². The number of benzene rings is 1. The normalized spacial score (nSPS) is 17.7. The molecule has 0 fully saturated rings. The Bertz CT molecular complexity index is 596. The third kappa shape index (κ3) is 3.01. The average molecular weight is 305 g/mol. The van der Waals surface area contributed by atoms with E-state index in [0.29, 0.717) is 17.9 Å². The van der Waals surface area contributed by atoms with Crippen molar-refractivity contribution in [3.63, 3.8) is 0 Å². The van der Waals surface area contributed by atoms with Gasteiger partial charge in [-0.3, -0.25) is 4.79 Å². The maximum atomic E-state index is 11.8. The van der Waals surface area contributed by atoms with Crippen LogP contribution in [0.5, 0.6) is 5.75 Å². The quantitative estimate of drug-likeness (QED) is 0.629. The molecule has 1 aromatic rings. The third-order valence-corrected chi connectivity index (χ3v) is 4.13. The Morgan fingerprint density at radius 1 is 1.53 bits per heavy atom. The van der Waals surface area contributed by atoms with Crippen LogP contribution in [-0.4, -0.2) is 27.6 Å². The van der Waals surface area contributed by atoms with Crippen LogP contribution in [0, 0.1) is 0 Å². The third-order valence-electron chi connectivity index (χ3n) is 2.78.